The third-order valence-electron chi connectivity index (χ3n) is 5.32. The Kier molecular flexibility index (Phi) is 7.48. The molecule has 0 aromatic heterocycles. The summed E-state index contributed by atoms with van der Waals surface area (Å²) in [6, 6.07) is 28.5. The number of ether oxygens (including phenoxy) is 1. The van der Waals surface area contributed by atoms with Gasteiger partial charge in [0.2, 0.25) is 0 Å². The second kappa shape index (κ2) is 10.3. The highest BCUT2D eigenvalue weighted by atomic mass is 16.5. The van der Waals surface area contributed by atoms with Crippen molar-refractivity contribution in [1.82, 2.24) is 5.32 Å². The van der Waals surface area contributed by atoms with Gasteiger partial charge in [-0.1, -0.05) is 72.3 Å². The molecule has 0 heterocycles. The van der Waals surface area contributed by atoms with Crippen molar-refractivity contribution >= 4 is 0 Å². The summed E-state index contributed by atoms with van der Waals surface area (Å²) in [6.45, 7) is 9.44. The number of aryl methyl sites for hydroxylation is 1. The van der Waals surface area contributed by atoms with E-state index in [1.165, 1.54) is 22.3 Å². The first-order valence-corrected chi connectivity index (χ1v) is 10.6. The van der Waals surface area contributed by atoms with Crippen LogP contribution in [0.15, 0.2) is 78.9 Å². The number of hydrogen-bond donors (Lipinski definition) is 1. The molecule has 0 radical (unpaired) electrons. The molecule has 0 bridgehead atoms. The van der Waals surface area contributed by atoms with E-state index in [0.717, 1.165) is 18.7 Å². The van der Waals surface area contributed by atoms with E-state index < -0.39 is 0 Å². The van der Waals surface area contributed by atoms with Gasteiger partial charge in [0.05, 0.1) is 6.10 Å². The summed E-state index contributed by atoms with van der Waals surface area (Å²) >= 11 is 0. The van der Waals surface area contributed by atoms with E-state index in [-0.39, 0.29) is 6.10 Å². The monoisotopic (exact) mass is 387 g/mol. The quantitative estimate of drug-likeness (QED) is 0.443. The van der Waals surface area contributed by atoms with Crippen LogP contribution in [0.5, 0.6) is 5.75 Å². The van der Waals surface area contributed by atoms with E-state index in [0.29, 0.717) is 12.0 Å². The molecular formula is C27H33NO. The standard InChI is InChI=1S/C27H33NO/c1-20(2)29-26-16-14-25(15-17-26)27(24-12-10-21(3)11-13-24)18-19-28-22(4)23-8-6-5-7-9-23/h5-17,20,22,27-28H,18-19H2,1-4H3/t22-,27+/m0/s1. The molecule has 0 saturated carbocycles. The first kappa shape index (κ1) is 21.1. The summed E-state index contributed by atoms with van der Waals surface area (Å²) in [4.78, 5) is 0. The van der Waals surface area contributed by atoms with Crippen molar-refractivity contribution in [3.8, 4) is 5.75 Å². The van der Waals surface area contributed by atoms with E-state index in [9.17, 15) is 0 Å². The summed E-state index contributed by atoms with van der Waals surface area (Å²) in [6.07, 6.45) is 1.24. The van der Waals surface area contributed by atoms with Crippen molar-refractivity contribution in [1.29, 1.82) is 0 Å². The SMILES string of the molecule is Cc1ccc([C@@H](CCN[C@@H](C)c2ccccc2)c2ccc(OC(C)C)cc2)cc1. The molecule has 1 N–H and O–H groups in total. The van der Waals surface area contributed by atoms with Gasteiger partial charge in [0.15, 0.2) is 0 Å². The van der Waals surface area contributed by atoms with Crippen LogP contribution in [0.1, 0.15) is 61.4 Å². The zero-order valence-electron chi connectivity index (χ0n) is 18.1. The minimum atomic E-state index is 0.192. The Morgan fingerprint density at radius 3 is 1.90 bits per heavy atom. The number of hydrogen-bond acceptors (Lipinski definition) is 2. The van der Waals surface area contributed by atoms with Crippen LogP contribution in [0.4, 0.5) is 0 Å². The largest absolute Gasteiger partial charge is 0.491 e. The second-order valence-electron chi connectivity index (χ2n) is 8.07. The minimum absolute atomic E-state index is 0.192. The van der Waals surface area contributed by atoms with Crippen molar-refractivity contribution in [2.24, 2.45) is 0 Å². The van der Waals surface area contributed by atoms with Gasteiger partial charge in [-0.3, -0.25) is 0 Å². The van der Waals surface area contributed by atoms with Crippen molar-refractivity contribution in [2.45, 2.75) is 52.2 Å². The summed E-state index contributed by atoms with van der Waals surface area (Å²) < 4.78 is 5.82. The topological polar surface area (TPSA) is 21.3 Å². The van der Waals surface area contributed by atoms with Crippen LogP contribution in [0.2, 0.25) is 0 Å². The highest BCUT2D eigenvalue weighted by molar-refractivity contribution is 5.37. The van der Waals surface area contributed by atoms with Crippen LogP contribution in [0.3, 0.4) is 0 Å². The predicted molar refractivity (Wildman–Crippen MR) is 123 cm³/mol. The summed E-state index contributed by atoms with van der Waals surface area (Å²) in [5.41, 5.74) is 5.32. The maximum absolute atomic E-state index is 5.82. The van der Waals surface area contributed by atoms with Crippen LogP contribution in [0, 0.1) is 6.92 Å². The van der Waals surface area contributed by atoms with Gasteiger partial charge in [0.25, 0.3) is 0 Å². The van der Waals surface area contributed by atoms with E-state index >= 15 is 0 Å². The lowest BCUT2D eigenvalue weighted by atomic mass is 9.88. The molecule has 0 saturated heterocycles. The van der Waals surface area contributed by atoms with E-state index in [1.54, 1.807) is 0 Å². The minimum Gasteiger partial charge on any atom is -0.491 e. The normalized spacial score (nSPS) is 13.3. The Labute approximate surface area is 175 Å². The van der Waals surface area contributed by atoms with Crippen LogP contribution < -0.4 is 10.1 Å². The fraction of sp³-hybridized carbons (Fsp3) is 0.333. The molecule has 3 aromatic rings. The van der Waals surface area contributed by atoms with Gasteiger partial charge in [0, 0.05) is 12.0 Å². The Morgan fingerprint density at radius 2 is 1.31 bits per heavy atom. The van der Waals surface area contributed by atoms with Gasteiger partial charge >= 0.3 is 0 Å². The van der Waals surface area contributed by atoms with Crippen molar-refractivity contribution in [3.05, 3.63) is 101 Å². The molecular weight excluding hydrogens is 354 g/mol. The lowest BCUT2D eigenvalue weighted by Gasteiger charge is -2.21. The highest BCUT2D eigenvalue weighted by Crippen LogP contribution is 2.30. The van der Waals surface area contributed by atoms with Crippen molar-refractivity contribution < 1.29 is 4.74 Å². The fourth-order valence-electron chi connectivity index (χ4n) is 3.68. The molecule has 3 aromatic carbocycles. The summed E-state index contributed by atoms with van der Waals surface area (Å²) in [5.74, 6) is 1.29. The molecule has 0 spiro atoms. The zero-order valence-corrected chi connectivity index (χ0v) is 18.1. The molecule has 0 amide bonds. The van der Waals surface area contributed by atoms with Gasteiger partial charge < -0.3 is 10.1 Å². The lowest BCUT2D eigenvalue weighted by Crippen LogP contribution is -2.21. The average Bonchev–Trinajstić information content (AvgIpc) is 2.73. The molecule has 0 aliphatic rings. The Balaban J connectivity index is 1.72. The van der Waals surface area contributed by atoms with E-state index in [2.05, 4.69) is 112 Å². The van der Waals surface area contributed by atoms with Crippen LogP contribution >= 0.6 is 0 Å². The molecule has 0 fully saturated rings. The molecule has 0 aliphatic heterocycles. The van der Waals surface area contributed by atoms with E-state index in [4.69, 9.17) is 4.74 Å². The Hall–Kier alpha value is -2.58. The molecule has 2 atom stereocenters. The van der Waals surface area contributed by atoms with Crippen LogP contribution in [0.25, 0.3) is 0 Å². The van der Waals surface area contributed by atoms with Gasteiger partial charge in [-0.2, -0.15) is 0 Å². The fourth-order valence-corrected chi connectivity index (χ4v) is 3.68. The lowest BCUT2D eigenvalue weighted by molar-refractivity contribution is 0.242. The Bertz CT molecular complexity index is 853. The maximum atomic E-state index is 5.82. The Morgan fingerprint density at radius 1 is 0.724 bits per heavy atom. The average molecular weight is 388 g/mol. The van der Waals surface area contributed by atoms with E-state index in [1.807, 2.05) is 0 Å². The molecule has 29 heavy (non-hydrogen) atoms. The molecule has 2 heteroatoms. The first-order chi connectivity index (χ1) is 14.0. The first-order valence-electron chi connectivity index (χ1n) is 10.6. The molecule has 0 unspecified atom stereocenters. The summed E-state index contributed by atoms with van der Waals surface area (Å²) in [5, 5.41) is 3.69. The van der Waals surface area contributed by atoms with Gasteiger partial charge in [0.1, 0.15) is 5.75 Å². The zero-order chi connectivity index (χ0) is 20.6. The number of nitrogens with one attached hydrogen (secondary N) is 1. The third-order valence-corrected chi connectivity index (χ3v) is 5.32. The van der Waals surface area contributed by atoms with Gasteiger partial charge in [-0.05, 0) is 69.5 Å². The van der Waals surface area contributed by atoms with Gasteiger partial charge in [-0.25, -0.2) is 0 Å². The van der Waals surface area contributed by atoms with Crippen molar-refractivity contribution in [3.63, 3.8) is 0 Å². The smallest absolute Gasteiger partial charge is 0.119 e. The molecule has 152 valence electrons. The third kappa shape index (κ3) is 6.20. The van der Waals surface area contributed by atoms with Crippen LogP contribution in [-0.4, -0.2) is 12.6 Å². The molecule has 3 rings (SSSR count). The van der Waals surface area contributed by atoms with Crippen molar-refractivity contribution in [2.75, 3.05) is 6.54 Å². The summed E-state index contributed by atoms with van der Waals surface area (Å²) in [7, 11) is 0. The second-order valence-corrected chi connectivity index (χ2v) is 8.07. The van der Waals surface area contributed by atoms with Gasteiger partial charge in [-0.15, -0.1) is 0 Å². The molecule has 2 nitrogen and oxygen atoms in total. The van der Waals surface area contributed by atoms with Crippen LogP contribution in [-0.2, 0) is 0 Å². The number of rotatable bonds is 9. The maximum Gasteiger partial charge on any atom is 0.119 e. The predicted octanol–water partition coefficient (Wildman–Crippen LogP) is 6.66. The number of benzene rings is 3. The molecule has 0 aliphatic carbocycles. The highest BCUT2D eigenvalue weighted by Gasteiger charge is 2.15.